The monoisotopic (exact) mass is 264 g/mol. The van der Waals surface area contributed by atoms with Gasteiger partial charge in [0.15, 0.2) is 0 Å². The third-order valence-corrected chi connectivity index (χ3v) is 10.2. The van der Waals surface area contributed by atoms with Gasteiger partial charge < -0.3 is 0 Å². The van der Waals surface area contributed by atoms with Crippen LogP contribution < -0.4 is 0 Å². The fourth-order valence-electron chi connectivity index (χ4n) is 0.416. The molecule has 60 valence electrons. The molecule has 0 bridgehead atoms. The van der Waals surface area contributed by atoms with Gasteiger partial charge in [-0.1, -0.05) is 0 Å². The Balaban J connectivity index is 4.07. The summed E-state index contributed by atoms with van der Waals surface area (Å²) in [6.45, 7) is 3.58. The van der Waals surface area contributed by atoms with Crippen molar-refractivity contribution >= 4 is 46.8 Å². The van der Waals surface area contributed by atoms with Crippen molar-refractivity contribution in [2.24, 2.45) is 5.92 Å². The fraction of sp³-hybridized carbons (Fsp3) is 0.800. The summed E-state index contributed by atoms with van der Waals surface area (Å²) in [6.07, 6.45) is 0.831. The van der Waals surface area contributed by atoms with E-state index < -0.39 is 10.5 Å². The molecule has 0 aromatic carbocycles. The minimum atomic E-state index is -3.12. The SMILES string of the molecule is CC(C=O)[CH](C)[Ge]([Cl])([Cl])[Cl]. The van der Waals surface area contributed by atoms with E-state index in [2.05, 4.69) is 0 Å². The molecule has 0 fully saturated rings. The van der Waals surface area contributed by atoms with Crippen LogP contribution in [-0.2, 0) is 4.79 Å². The molecule has 0 aromatic rings. The van der Waals surface area contributed by atoms with Crippen LogP contribution in [-0.4, -0.2) is 16.8 Å². The second-order valence-electron chi connectivity index (χ2n) is 2.33. The first-order valence-electron chi connectivity index (χ1n) is 2.91. The topological polar surface area (TPSA) is 17.1 Å². The van der Waals surface area contributed by atoms with E-state index in [9.17, 15) is 4.79 Å². The van der Waals surface area contributed by atoms with E-state index in [1.807, 2.05) is 6.92 Å². The molecule has 0 amide bonds. The number of halogens is 3. The summed E-state index contributed by atoms with van der Waals surface area (Å²) in [6, 6.07) is 0. The van der Waals surface area contributed by atoms with Gasteiger partial charge in [-0.25, -0.2) is 0 Å². The minimum absolute atomic E-state index is 0.0532. The van der Waals surface area contributed by atoms with Gasteiger partial charge in [-0.3, -0.25) is 0 Å². The van der Waals surface area contributed by atoms with E-state index in [1.165, 1.54) is 0 Å². The van der Waals surface area contributed by atoms with Crippen LogP contribution in [0.25, 0.3) is 0 Å². The third kappa shape index (κ3) is 3.47. The quantitative estimate of drug-likeness (QED) is 0.566. The zero-order valence-corrected chi connectivity index (χ0v) is 10.1. The average molecular weight is 264 g/mol. The Morgan fingerprint density at radius 2 is 1.70 bits per heavy atom. The van der Waals surface area contributed by atoms with Gasteiger partial charge in [0.2, 0.25) is 0 Å². The standard InChI is InChI=1S/C5H9Cl3GeO/c1-4(3-10)5(2)9(6,7)8/h3-5H,1-2H3. The van der Waals surface area contributed by atoms with Gasteiger partial charge in [0.25, 0.3) is 0 Å². The number of carbonyl (C=O) groups is 1. The summed E-state index contributed by atoms with van der Waals surface area (Å²) in [5.41, 5.74) is 0. The molecule has 0 aromatic heterocycles. The Labute approximate surface area is 75.9 Å². The van der Waals surface area contributed by atoms with Gasteiger partial charge in [-0.15, -0.1) is 0 Å². The molecule has 0 aliphatic carbocycles. The molecule has 2 unspecified atom stereocenters. The van der Waals surface area contributed by atoms with Crippen LogP contribution in [0.1, 0.15) is 13.8 Å². The molecule has 10 heavy (non-hydrogen) atoms. The first-order chi connectivity index (χ1) is 4.39. The van der Waals surface area contributed by atoms with E-state index in [4.69, 9.17) is 30.0 Å². The number of carbonyl (C=O) groups excluding carboxylic acids is 1. The van der Waals surface area contributed by atoms with Crippen molar-refractivity contribution in [3.63, 3.8) is 0 Å². The Kier molecular flexibility index (Phi) is 4.65. The zero-order chi connectivity index (χ0) is 8.36. The molecule has 0 heterocycles. The maximum absolute atomic E-state index is 10.2. The van der Waals surface area contributed by atoms with E-state index in [1.54, 1.807) is 6.92 Å². The van der Waals surface area contributed by atoms with Crippen molar-refractivity contribution in [2.45, 2.75) is 18.6 Å². The maximum atomic E-state index is 10.2. The summed E-state index contributed by atoms with van der Waals surface area (Å²) in [7, 11) is 14.0. The van der Waals surface area contributed by atoms with Crippen molar-refractivity contribution < 1.29 is 4.79 Å². The van der Waals surface area contributed by atoms with Crippen LogP contribution >= 0.6 is 30.0 Å². The van der Waals surface area contributed by atoms with Gasteiger partial charge in [0, 0.05) is 0 Å². The molecule has 0 aliphatic rings. The van der Waals surface area contributed by atoms with Gasteiger partial charge in [-0.2, -0.15) is 0 Å². The Bertz CT molecular complexity index is 123. The van der Waals surface area contributed by atoms with Gasteiger partial charge in [-0.05, 0) is 0 Å². The second-order valence-corrected chi connectivity index (χ2v) is 18.8. The second kappa shape index (κ2) is 4.19. The van der Waals surface area contributed by atoms with Crippen LogP contribution in [0.5, 0.6) is 0 Å². The van der Waals surface area contributed by atoms with Crippen molar-refractivity contribution in [1.29, 1.82) is 0 Å². The third-order valence-electron chi connectivity index (χ3n) is 1.52. The van der Waals surface area contributed by atoms with Crippen molar-refractivity contribution in [3.8, 4) is 0 Å². The predicted molar refractivity (Wildman–Crippen MR) is 48.0 cm³/mol. The van der Waals surface area contributed by atoms with Crippen LogP contribution in [0.4, 0.5) is 0 Å². The number of rotatable bonds is 3. The van der Waals surface area contributed by atoms with Gasteiger partial charge in [0.05, 0.1) is 0 Å². The van der Waals surface area contributed by atoms with Crippen molar-refractivity contribution in [1.82, 2.24) is 0 Å². The Hall–Kier alpha value is 1.08. The molecule has 0 N–H and O–H groups in total. The molecule has 0 saturated heterocycles. The molecule has 1 nitrogen and oxygen atoms in total. The normalized spacial score (nSPS) is 18.1. The van der Waals surface area contributed by atoms with E-state index in [-0.39, 0.29) is 10.7 Å². The van der Waals surface area contributed by atoms with E-state index in [0.717, 1.165) is 6.29 Å². The first kappa shape index (κ1) is 11.1. The predicted octanol–water partition coefficient (Wildman–Crippen LogP) is 2.87. The van der Waals surface area contributed by atoms with Gasteiger partial charge in [0.1, 0.15) is 0 Å². The molecule has 5 heteroatoms. The van der Waals surface area contributed by atoms with Crippen molar-refractivity contribution in [3.05, 3.63) is 0 Å². The first-order valence-corrected chi connectivity index (χ1v) is 12.4. The van der Waals surface area contributed by atoms with E-state index >= 15 is 0 Å². The van der Waals surface area contributed by atoms with E-state index in [0.29, 0.717) is 0 Å². The number of aldehydes is 1. The number of hydrogen-bond acceptors (Lipinski definition) is 1. The molecule has 0 aliphatic heterocycles. The molecule has 2 atom stereocenters. The van der Waals surface area contributed by atoms with Crippen molar-refractivity contribution in [2.75, 3.05) is 0 Å². The van der Waals surface area contributed by atoms with Crippen LogP contribution in [0.3, 0.4) is 0 Å². The summed E-state index contributed by atoms with van der Waals surface area (Å²) < 4.78 is -0.0532. The average Bonchev–Trinajstić information content (AvgIpc) is 1.83. The van der Waals surface area contributed by atoms with Crippen LogP contribution in [0.15, 0.2) is 0 Å². The summed E-state index contributed by atoms with van der Waals surface area (Å²) in [5.74, 6) is -0.132. The Morgan fingerprint density at radius 1 is 1.30 bits per heavy atom. The summed E-state index contributed by atoms with van der Waals surface area (Å²) in [5, 5.41) is 0. The molecule has 0 spiro atoms. The van der Waals surface area contributed by atoms with Gasteiger partial charge >= 0.3 is 76.1 Å². The number of hydrogen-bond donors (Lipinski definition) is 0. The molecule has 0 radical (unpaired) electrons. The Morgan fingerprint density at radius 3 is 1.80 bits per heavy atom. The zero-order valence-electron chi connectivity index (χ0n) is 5.77. The summed E-state index contributed by atoms with van der Waals surface area (Å²) >= 11 is 0. The molecule has 0 rings (SSSR count). The molecule has 0 saturated carbocycles. The van der Waals surface area contributed by atoms with Crippen LogP contribution in [0, 0.1) is 5.92 Å². The molecular weight excluding hydrogens is 255 g/mol. The molecular formula is C5H9Cl3GeO. The summed E-state index contributed by atoms with van der Waals surface area (Å²) in [4.78, 5) is 10.2. The fourth-order valence-corrected chi connectivity index (χ4v) is 4.93. The van der Waals surface area contributed by atoms with Crippen LogP contribution in [0.2, 0.25) is 4.75 Å².